The molecule has 1 atom stereocenters. The highest BCUT2D eigenvalue weighted by Crippen LogP contribution is 2.15. The van der Waals surface area contributed by atoms with Crippen LogP contribution in [0.4, 0.5) is 10.5 Å². The van der Waals surface area contributed by atoms with Crippen molar-refractivity contribution in [2.24, 2.45) is 0 Å². The summed E-state index contributed by atoms with van der Waals surface area (Å²) in [6.07, 6.45) is 0.836. The van der Waals surface area contributed by atoms with Crippen LogP contribution in [-0.4, -0.2) is 55.6 Å². The Morgan fingerprint density at radius 3 is 2.39 bits per heavy atom. The molecule has 0 aromatic heterocycles. The molecule has 1 aliphatic heterocycles. The average molecular weight is 318 g/mol. The number of urea groups is 1. The number of nitrogens with one attached hydrogen (secondary N) is 2. The number of hydrogen-bond acceptors (Lipinski definition) is 4. The maximum Gasteiger partial charge on any atom is 0.321 e. The van der Waals surface area contributed by atoms with Crippen molar-refractivity contribution in [3.63, 3.8) is 0 Å². The summed E-state index contributed by atoms with van der Waals surface area (Å²) >= 11 is 0. The van der Waals surface area contributed by atoms with Crippen molar-refractivity contribution in [1.82, 2.24) is 15.5 Å². The first-order chi connectivity index (χ1) is 11.1. The molecule has 1 aromatic rings. The Hall–Kier alpha value is -2.08. The van der Waals surface area contributed by atoms with Crippen LogP contribution >= 0.6 is 0 Å². The van der Waals surface area contributed by atoms with Crippen molar-refractivity contribution in [2.75, 3.05) is 37.6 Å². The lowest BCUT2D eigenvalue weighted by atomic mass is 10.2. The lowest BCUT2D eigenvalue weighted by Gasteiger charge is -2.35. The summed E-state index contributed by atoms with van der Waals surface area (Å²) in [5, 5.41) is 5.12. The van der Waals surface area contributed by atoms with Crippen LogP contribution in [0.2, 0.25) is 0 Å². The number of para-hydroxylation sites is 1. The predicted octanol–water partition coefficient (Wildman–Crippen LogP) is 1.43. The number of rotatable bonds is 5. The van der Waals surface area contributed by atoms with Crippen molar-refractivity contribution in [3.8, 4) is 0 Å². The number of nitrogens with zero attached hydrogens (tertiary/aromatic N) is 2. The molecular weight excluding hydrogens is 292 g/mol. The van der Waals surface area contributed by atoms with Gasteiger partial charge in [0.05, 0.1) is 6.54 Å². The molecule has 0 radical (unpaired) electrons. The lowest BCUT2D eigenvalue weighted by molar-refractivity contribution is -0.121. The summed E-state index contributed by atoms with van der Waals surface area (Å²) in [6.45, 7) is 7.56. The molecule has 1 saturated heterocycles. The Labute approximate surface area is 137 Å². The minimum atomic E-state index is -0.410. The van der Waals surface area contributed by atoms with E-state index in [0.29, 0.717) is 0 Å². The Bertz CT molecular complexity index is 513. The van der Waals surface area contributed by atoms with Gasteiger partial charge in [0.15, 0.2) is 0 Å². The Kier molecular flexibility index (Phi) is 6.40. The molecule has 126 valence electrons. The van der Waals surface area contributed by atoms with E-state index in [1.54, 1.807) is 0 Å². The number of piperazine rings is 1. The zero-order chi connectivity index (χ0) is 16.7. The Morgan fingerprint density at radius 2 is 1.78 bits per heavy atom. The lowest BCUT2D eigenvalue weighted by Crippen LogP contribution is -2.51. The van der Waals surface area contributed by atoms with Crippen LogP contribution in [0.15, 0.2) is 30.3 Å². The molecule has 1 fully saturated rings. The summed E-state index contributed by atoms with van der Waals surface area (Å²) in [6, 6.07) is 9.93. The van der Waals surface area contributed by atoms with Crippen molar-refractivity contribution < 1.29 is 9.59 Å². The van der Waals surface area contributed by atoms with Gasteiger partial charge in [-0.3, -0.25) is 15.0 Å². The molecule has 3 amide bonds. The topological polar surface area (TPSA) is 64.7 Å². The summed E-state index contributed by atoms with van der Waals surface area (Å²) in [7, 11) is 0. The first kappa shape index (κ1) is 17.3. The van der Waals surface area contributed by atoms with E-state index in [2.05, 4.69) is 32.6 Å². The van der Waals surface area contributed by atoms with Crippen LogP contribution < -0.4 is 15.5 Å². The number of hydrogen-bond donors (Lipinski definition) is 2. The third kappa shape index (κ3) is 5.56. The minimum Gasteiger partial charge on any atom is -0.369 e. The van der Waals surface area contributed by atoms with E-state index in [0.717, 1.165) is 32.6 Å². The third-order valence-corrected chi connectivity index (χ3v) is 4.10. The number of benzene rings is 1. The highest BCUT2D eigenvalue weighted by molar-refractivity contribution is 5.95. The molecule has 23 heavy (non-hydrogen) atoms. The van der Waals surface area contributed by atoms with Gasteiger partial charge >= 0.3 is 6.03 Å². The maximum absolute atomic E-state index is 11.9. The number of amides is 3. The number of carbonyl (C=O) groups excluding carboxylic acids is 2. The van der Waals surface area contributed by atoms with Crippen LogP contribution in [-0.2, 0) is 4.79 Å². The van der Waals surface area contributed by atoms with Gasteiger partial charge in [0.1, 0.15) is 0 Å². The molecule has 1 aromatic carbocycles. The largest absolute Gasteiger partial charge is 0.369 e. The number of anilines is 1. The summed E-state index contributed by atoms with van der Waals surface area (Å²) in [5.74, 6) is -0.251. The molecule has 0 bridgehead atoms. The molecule has 6 heteroatoms. The van der Waals surface area contributed by atoms with Crippen molar-refractivity contribution >= 4 is 17.6 Å². The summed E-state index contributed by atoms with van der Waals surface area (Å²) in [4.78, 5) is 27.9. The van der Waals surface area contributed by atoms with Gasteiger partial charge < -0.3 is 10.2 Å². The van der Waals surface area contributed by atoms with Gasteiger partial charge in [-0.05, 0) is 25.5 Å². The first-order valence-corrected chi connectivity index (χ1v) is 8.21. The van der Waals surface area contributed by atoms with Crippen LogP contribution in [0, 0.1) is 0 Å². The fourth-order valence-electron chi connectivity index (χ4n) is 2.53. The molecule has 0 saturated carbocycles. The molecule has 1 aliphatic rings. The van der Waals surface area contributed by atoms with E-state index in [-0.39, 0.29) is 18.5 Å². The SMILES string of the molecule is CC[C@H](C)NC(=O)NC(=O)CN1CCN(c2ccccc2)CC1. The summed E-state index contributed by atoms with van der Waals surface area (Å²) < 4.78 is 0. The number of imide groups is 1. The molecule has 2 N–H and O–H groups in total. The normalized spacial score (nSPS) is 16.7. The highest BCUT2D eigenvalue weighted by Gasteiger charge is 2.20. The first-order valence-electron chi connectivity index (χ1n) is 8.21. The number of carbonyl (C=O) groups is 2. The monoisotopic (exact) mass is 318 g/mol. The van der Waals surface area contributed by atoms with E-state index in [1.807, 2.05) is 32.0 Å². The second-order valence-corrected chi connectivity index (χ2v) is 5.93. The summed E-state index contributed by atoms with van der Waals surface area (Å²) in [5.41, 5.74) is 1.21. The van der Waals surface area contributed by atoms with E-state index in [1.165, 1.54) is 5.69 Å². The van der Waals surface area contributed by atoms with Gasteiger partial charge in [-0.2, -0.15) is 0 Å². The Balaban J connectivity index is 1.71. The molecule has 0 spiro atoms. The van der Waals surface area contributed by atoms with Gasteiger partial charge in [-0.1, -0.05) is 25.1 Å². The molecule has 1 heterocycles. The fraction of sp³-hybridized carbons (Fsp3) is 0.529. The Morgan fingerprint density at radius 1 is 1.13 bits per heavy atom. The minimum absolute atomic E-state index is 0.0669. The van der Waals surface area contributed by atoms with Gasteiger partial charge in [0, 0.05) is 37.9 Å². The van der Waals surface area contributed by atoms with Gasteiger partial charge in [-0.15, -0.1) is 0 Å². The molecule has 2 rings (SSSR count). The zero-order valence-corrected chi connectivity index (χ0v) is 13.9. The van der Waals surface area contributed by atoms with E-state index in [4.69, 9.17) is 0 Å². The van der Waals surface area contributed by atoms with Gasteiger partial charge in [0.2, 0.25) is 5.91 Å². The van der Waals surface area contributed by atoms with E-state index >= 15 is 0 Å². The maximum atomic E-state index is 11.9. The second kappa shape index (κ2) is 8.53. The molecule has 0 aliphatic carbocycles. The molecule has 6 nitrogen and oxygen atoms in total. The second-order valence-electron chi connectivity index (χ2n) is 5.93. The fourth-order valence-corrected chi connectivity index (χ4v) is 2.53. The van der Waals surface area contributed by atoms with Gasteiger partial charge in [-0.25, -0.2) is 4.79 Å². The molecule has 0 unspecified atom stereocenters. The smallest absolute Gasteiger partial charge is 0.321 e. The quantitative estimate of drug-likeness (QED) is 0.862. The van der Waals surface area contributed by atoms with Crippen molar-refractivity contribution in [2.45, 2.75) is 26.3 Å². The predicted molar refractivity (Wildman–Crippen MR) is 91.5 cm³/mol. The standard InChI is InChI=1S/C17H26N4O2/c1-3-14(2)18-17(23)19-16(22)13-20-9-11-21(12-10-20)15-7-5-4-6-8-15/h4-8,14H,3,9-13H2,1-2H3,(H2,18,19,22,23)/t14-/m0/s1. The van der Waals surface area contributed by atoms with Crippen LogP contribution in [0.1, 0.15) is 20.3 Å². The average Bonchev–Trinajstić information content (AvgIpc) is 2.56. The highest BCUT2D eigenvalue weighted by atomic mass is 16.2. The zero-order valence-electron chi connectivity index (χ0n) is 13.9. The van der Waals surface area contributed by atoms with Crippen molar-refractivity contribution in [1.29, 1.82) is 0 Å². The third-order valence-electron chi connectivity index (χ3n) is 4.10. The van der Waals surface area contributed by atoms with E-state index in [9.17, 15) is 9.59 Å². The van der Waals surface area contributed by atoms with Crippen LogP contribution in [0.3, 0.4) is 0 Å². The van der Waals surface area contributed by atoms with Crippen molar-refractivity contribution in [3.05, 3.63) is 30.3 Å². The molecular formula is C17H26N4O2. The van der Waals surface area contributed by atoms with E-state index < -0.39 is 6.03 Å². The van der Waals surface area contributed by atoms with Crippen LogP contribution in [0.25, 0.3) is 0 Å². The van der Waals surface area contributed by atoms with Gasteiger partial charge in [0.25, 0.3) is 0 Å². The van der Waals surface area contributed by atoms with Crippen LogP contribution in [0.5, 0.6) is 0 Å².